The molecule has 0 aliphatic carbocycles. The maximum absolute atomic E-state index is 12.3. The van der Waals surface area contributed by atoms with Gasteiger partial charge >= 0.3 is 0 Å². The molecule has 1 aliphatic rings. The van der Waals surface area contributed by atoms with Crippen molar-refractivity contribution < 1.29 is 4.79 Å². The van der Waals surface area contributed by atoms with Gasteiger partial charge < -0.3 is 10.2 Å². The summed E-state index contributed by atoms with van der Waals surface area (Å²) in [6, 6.07) is 7.06. The molecular weight excluding hydrogens is 414 g/mol. The zero-order valence-corrected chi connectivity index (χ0v) is 17.8. The molecule has 0 bridgehead atoms. The van der Waals surface area contributed by atoms with Gasteiger partial charge in [0.2, 0.25) is 5.91 Å². The molecule has 1 aromatic carbocycles. The Bertz CT molecular complexity index is 970. The van der Waals surface area contributed by atoms with Gasteiger partial charge in [0.15, 0.2) is 10.8 Å². The average Bonchev–Trinajstić information content (AvgIpc) is 3.13. The van der Waals surface area contributed by atoms with Crippen LogP contribution >= 0.6 is 34.7 Å². The summed E-state index contributed by atoms with van der Waals surface area (Å²) < 4.78 is 0.945. The molecule has 1 amide bonds. The molecular formula is C19H20ClN5OS2. The van der Waals surface area contributed by atoms with Crippen LogP contribution in [0.3, 0.4) is 0 Å². The first-order valence-electron chi connectivity index (χ1n) is 9.13. The van der Waals surface area contributed by atoms with Gasteiger partial charge in [-0.05, 0) is 43.0 Å². The van der Waals surface area contributed by atoms with Crippen LogP contribution < -0.4 is 10.2 Å². The highest BCUT2D eigenvalue weighted by atomic mass is 35.5. The van der Waals surface area contributed by atoms with Crippen LogP contribution in [0.4, 0.5) is 10.8 Å². The number of hydrogen-bond acceptors (Lipinski definition) is 7. The van der Waals surface area contributed by atoms with E-state index in [-0.39, 0.29) is 11.7 Å². The molecule has 28 heavy (non-hydrogen) atoms. The van der Waals surface area contributed by atoms with Gasteiger partial charge in [0, 0.05) is 23.8 Å². The Labute approximate surface area is 176 Å². The van der Waals surface area contributed by atoms with Gasteiger partial charge in [0.1, 0.15) is 16.1 Å². The second-order valence-electron chi connectivity index (χ2n) is 6.84. The number of thioether (sulfide) groups is 1. The Morgan fingerprint density at radius 1 is 1.29 bits per heavy atom. The summed E-state index contributed by atoms with van der Waals surface area (Å²) in [5.41, 5.74) is 1.43. The fourth-order valence-electron chi connectivity index (χ4n) is 3.02. The molecule has 146 valence electrons. The van der Waals surface area contributed by atoms with Gasteiger partial charge in [0.25, 0.3) is 0 Å². The fraction of sp³-hybridized carbons (Fsp3) is 0.368. The number of nitrogens with zero attached hydrogens (tertiary/aromatic N) is 4. The molecule has 1 fully saturated rings. The minimum absolute atomic E-state index is 0.0890. The highest BCUT2D eigenvalue weighted by Crippen LogP contribution is 2.35. The summed E-state index contributed by atoms with van der Waals surface area (Å²) in [7, 11) is 0. The monoisotopic (exact) mass is 433 g/mol. The smallest absolute Gasteiger partial charge is 0.234 e. The standard InChI is InChI=1S/C19H20ClN5OS2/c1-12-6-8-25(9-7-12)19-24-17-16(28-19)18(22-11-21-17)27-10-15(26)23-14-4-2-13(20)3-5-14/h2-5,11-12H,6-10H2,1H3,(H,23,26). The lowest BCUT2D eigenvalue weighted by Crippen LogP contribution is -2.32. The Hall–Kier alpha value is -1.90. The molecule has 9 heteroatoms. The number of amides is 1. The van der Waals surface area contributed by atoms with Gasteiger partial charge in [-0.2, -0.15) is 4.98 Å². The van der Waals surface area contributed by atoms with Crippen molar-refractivity contribution in [2.75, 3.05) is 29.1 Å². The molecule has 0 saturated carbocycles. The molecule has 0 radical (unpaired) electrons. The summed E-state index contributed by atoms with van der Waals surface area (Å²) in [6.07, 6.45) is 3.89. The summed E-state index contributed by atoms with van der Waals surface area (Å²) in [4.78, 5) is 28.0. The van der Waals surface area contributed by atoms with Crippen LogP contribution in [0.15, 0.2) is 35.6 Å². The van der Waals surface area contributed by atoms with Crippen LogP contribution in [0.1, 0.15) is 19.8 Å². The summed E-state index contributed by atoms with van der Waals surface area (Å²) in [5, 5.41) is 5.30. The van der Waals surface area contributed by atoms with E-state index in [0.29, 0.717) is 10.7 Å². The number of benzene rings is 1. The van der Waals surface area contributed by atoms with Crippen molar-refractivity contribution in [1.29, 1.82) is 0 Å². The molecule has 1 saturated heterocycles. The largest absolute Gasteiger partial charge is 0.348 e. The first-order chi connectivity index (χ1) is 13.6. The van der Waals surface area contributed by atoms with E-state index in [9.17, 15) is 4.79 Å². The van der Waals surface area contributed by atoms with Crippen molar-refractivity contribution in [3.8, 4) is 0 Å². The molecule has 1 aliphatic heterocycles. The van der Waals surface area contributed by atoms with Crippen LogP contribution in [-0.2, 0) is 4.79 Å². The number of carbonyl (C=O) groups excluding carboxylic acids is 1. The lowest BCUT2D eigenvalue weighted by atomic mass is 10.00. The van der Waals surface area contributed by atoms with Crippen LogP contribution in [0, 0.1) is 5.92 Å². The number of piperidine rings is 1. The Morgan fingerprint density at radius 2 is 2.04 bits per heavy atom. The highest BCUT2D eigenvalue weighted by Gasteiger charge is 2.20. The van der Waals surface area contributed by atoms with Crippen LogP contribution in [-0.4, -0.2) is 39.7 Å². The van der Waals surface area contributed by atoms with E-state index in [2.05, 4.69) is 27.1 Å². The number of nitrogens with one attached hydrogen (secondary N) is 1. The number of halogens is 1. The van der Waals surface area contributed by atoms with Crippen molar-refractivity contribution >= 4 is 61.8 Å². The third-order valence-corrected chi connectivity index (χ3v) is 7.15. The molecule has 6 nitrogen and oxygen atoms in total. The molecule has 3 heterocycles. The van der Waals surface area contributed by atoms with E-state index >= 15 is 0 Å². The van der Waals surface area contributed by atoms with Gasteiger partial charge in [-0.3, -0.25) is 4.79 Å². The first kappa shape index (κ1) is 19.4. The van der Waals surface area contributed by atoms with Crippen molar-refractivity contribution in [1.82, 2.24) is 15.0 Å². The van der Waals surface area contributed by atoms with Crippen molar-refractivity contribution in [3.05, 3.63) is 35.6 Å². The normalized spacial score (nSPS) is 15.1. The predicted octanol–water partition coefficient (Wildman–Crippen LogP) is 4.71. The number of aromatic nitrogens is 3. The highest BCUT2D eigenvalue weighted by molar-refractivity contribution is 8.00. The topological polar surface area (TPSA) is 71.0 Å². The van der Waals surface area contributed by atoms with Gasteiger partial charge in [-0.15, -0.1) is 0 Å². The van der Waals surface area contributed by atoms with E-state index in [4.69, 9.17) is 16.6 Å². The SMILES string of the molecule is CC1CCN(c2nc3ncnc(SCC(=O)Nc4ccc(Cl)cc4)c3s2)CC1. The third kappa shape index (κ3) is 4.56. The second kappa shape index (κ2) is 8.63. The number of rotatable bonds is 5. The van der Waals surface area contributed by atoms with Crippen molar-refractivity contribution in [2.45, 2.75) is 24.8 Å². The summed E-state index contributed by atoms with van der Waals surface area (Å²) in [6.45, 7) is 4.35. The number of hydrogen-bond donors (Lipinski definition) is 1. The minimum atomic E-state index is -0.0890. The maximum Gasteiger partial charge on any atom is 0.234 e. The lowest BCUT2D eigenvalue weighted by Gasteiger charge is -2.29. The Morgan fingerprint density at radius 3 is 2.79 bits per heavy atom. The lowest BCUT2D eigenvalue weighted by molar-refractivity contribution is -0.113. The summed E-state index contributed by atoms with van der Waals surface area (Å²) in [5.74, 6) is 0.952. The zero-order valence-electron chi connectivity index (χ0n) is 15.4. The molecule has 0 atom stereocenters. The molecule has 0 spiro atoms. The molecule has 0 unspecified atom stereocenters. The Balaban J connectivity index is 1.43. The Kier molecular flexibility index (Phi) is 5.99. The van der Waals surface area contributed by atoms with E-state index in [1.165, 1.54) is 30.9 Å². The molecule has 4 rings (SSSR count). The predicted molar refractivity (Wildman–Crippen MR) is 117 cm³/mol. The maximum atomic E-state index is 12.3. The zero-order chi connectivity index (χ0) is 19.5. The van der Waals surface area contributed by atoms with Crippen molar-refractivity contribution in [3.63, 3.8) is 0 Å². The second-order valence-corrected chi connectivity index (χ2v) is 9.22. The van der Waals surface area contributed by atoms with E-state index in [1.807, 2.05) is 0 Å². The van der Waals surface area contributed by atoms with Gasteiger partial charge in [-0.1, -0.05) is 41.6 Å². The number of thiazole rings is 1. The minimum Gasteiger partial charge on any atom is -0.348 e. The molecule has 2 aromatic heterocycles. The van der Waals surface area contributed by atoms with E-state index in [1.54, 1.807) is 35.6 Å². The van der Waals surface area contributed by atoms with Crippen LogP contribution in [0.5, 0.6) is 0 Å². The number of fused-ring (bicyclic) bond motifs is 1. The number of carbonyl (C=O) groups is 1. The fourth-order valence-corrected chi connectivity index (χ4v) is 5.09. The molecule has 3 aromatic rings. The van der Waals surface area contributed by atoms with Gasteiger partial charge in [0.05, 0.1) is 5.75 Å². The van der Waals surface area contributed by atoms with Crippen LogP contribution in [0.2, 0.25) is 5.02 Å². The summed E-state index contributed by atoms with van der Waals surface area (Å²) >= 11 is 8.89. The third-order valence-electron chi connectivity index (χ3n) is 4.67. The average molecular weight is 434 g/mol. The van der Waals surface area contributed by atoms with E-state index < -0.39 is 0 Å². The van der Waals surface area contributed by atoms with Crippen molar-refractivity contribution in [2.24, 2.45) is 5.92 Å². The van der Waals surface area contributed by atoms with Gasteiger partial charge in [-0.25, -0.2) is 9.97 Å². The van der Waals surface area contributed by atoms with Crippen LogP contribution in [0.25, 0.3) is 10.3 Å². The van der Waals surface area contributed by atoms with E-state index in [0.717, 1.165) is 39.6 Å². The quantitative estimate of drug-likeness (QED) is 0.464. The first-order valence-corrected chi connectivity index (χ1v) is 11.3. The molecule has 1 N–H and O–H groups in total. The number of anilines is 2.